The van der Waals surface area contributed by atoms with E-state index in [9.17, 15) is 21.6 Å². The van der Waals surface area contributed by atoms with E-state index in [2.05, 4.69) is 4.72 Å². The minimum absolute atomic E-state index is 0.00719. The fourth-order valence-electron chi connectivity index (χ4n) is 1.92. The van der Waals surface area contributed by atoms with Crippen LogP contribution >= 0.6 is 0 Å². The quantitative estimate of drug-likeness (QED) is 0.920. The smallest absolute Gasteiger partial charge is 0.280 e. The molecular formula is C15H14F3NO2S. The fraction of sp³-hybridized carbons (Fsp3) is 0.200. The molecule has 0 radical (unpaired) electrons. The van der Waals surface area contributed by atoms with Gasteiger partial charge in [0.15, 0.2) is 0 Å². The molecule has 0 saturated carbocycles. The van der Waals surface area contributed by atoms with Crippen LogP contribution in [0.25, 0.3) is 0 Å². The van der Waals surface area contributed by atoms with E-state index in [1.807, 2.05) is 0 Å². The Labute approximate surface area is 126 Å². The highest BCUT2D eigenvalue weighted by molar-refractivity contribution is 7.92. The van der Waals surface area contributed by atoms with Gasteiger partial charge < -0.3 is 0 Å². The van der Waals surface area contributed by atoms with Crippen molar-refractivity contribution >= 4 is 15.7 Å². The Morgan fingerprint density at radius 3 is 2.09 bits per heavy atom. The van der Waals surface area contributed by atoms with E-state index in [4.69, 9.17) is 0 Å². The minimum Gasteiger partial charge on any atom is -0.280 e. The summed E-state index contributed by atoms with van der Waals surface area (Å²) in [5, 5.41) is 0. The first-order chi connectivity index (χ1) is 10.1. The van der Waals surface area contributed by atoms with Gasteiger partial charge in [0.1, 0.15) is 0 Å². The molecule has 0 atom stereocenters. The zero-order valence-corrected chi connectivity index (χ0v) is 12.7. The second-order valence-electron chi connectivity index (χ2n) is 4.95. The minimum atomic E-state index is -4.53. The third kappa shape index (κ3) is 3.59. The molecular weight excluding hydrogens is 315 g/mol. The van der Waals surface area contributed by atoms with E-state index < -0.39 is 21.8 Å². The van der Waals surface area contributed by atoms with Gasteiger partial charge in [-0.05, 0) is 43.7 Å². The van der Waals surface area contributed by atoms with Gasteiger partial charge in [0.05, 0.1) is 10.5 Å². The maximum atomic E-state index is 12.9. The predicted octanol–water partition coefficient (Wildman–Crippen LogP) is 4.12. The third-order valence-corrected chi connectivity index (χ3v) is 4.52. The lowest BCUT2D eigenvalue weighted by Gasteiger charge is -2.13. The first kappa shape index (κ1) is 16.4. The van der Waals surface area contributed by atoms with Crippen LogP contribution in [0.4, 0.5) is 18.9 Å². The average molecular weight is 329 g/mol. The summed E-state index contributed by atoms with van der Waals surface area (Å²) < 4.78 is 65.1. The second kappa shape index (κ2) is 5.64. The number of halogens is 3. The molecule has 7 heteroatoms. The largest absolute Gasteiger partial charge is 0.416 e. The molecule has 22 heavy (non-hydrogen) atoms. The van der Waals surface area contributed by atoms with E-state index in [-0.39, 0.29) is 16.1 Å². The molecule has 0 heterocycles. The van der Waals surface area contributed by atoms with E-state index >= 15 is 0 Å². The Morgan fingerprint density at radius 2 is 1.55 bits per heavy atom. The van der Waals surface area contributed by atoms with Crippen molar-refractivity contribution in [3.63, 3.8) is 0 Å². The third-order valence-electron chi connectivity index (χ3n) is 3.13. The molecule has 0 aliphatic heterocycles. The molecule has 0 aliphatic rings. The molecule has 118 valence electrons. The first-order valence-electron chi connectivity index (χ1n) is 6.37. The zero-order valence-electron chi connectivity index (χ0n) is 11.9. The van der Waals surface area contributed by atoms with Crippen molar-refractivity contribution in [1.82, 2.24) is 0 Å². The van der Waals surface area contributed by atoms with Crippen LogP contribution in [-0.4, -0.2) is 8.42 Å². The summed E-state index contributed by atoms with van der Waals surface area (Å²) in [5.41, 5.74) is -0.0745. The maximum Gasteiger partial charge on any atom is 0.416 e. The van der Waals surface area contributed by atoms with Crippen LogP contribution in [0.5, 0.6) is 0 Å². The second-order valence-corrected chi connectivity index (χ2v) is 6.63. The lowest BCUT2D eigenvalue weighted by Crippen LogP contribution is -2.14. The molecule has 0 saturated heterocycles. The molecule has 3 nitrogen and oxygen atoms in total. The van der Waals surface area contributed by atoms with Gasteiger partial charge in [0.2, 0.25) is 0 Å². The molecule has 0 unspecified atom stereocenters. The summed E-state index contributed by atoms with van der Waals surface area (Å²) in [6.07, 6.45) is -4.53. The Kier molecular flexibility index (Phi) is 4.19. The van der Waals surface area contributed by atoms with Gasteiger partial charge in [0, 0.05) is 5.69 Å². The Balaban J connectivity index is 2.36. The number of rotatable bonds is 3. The van der Waals surface area contributed by atoms with Crippen LogP contribution in [0.3, 0.4) is 0 Å². The average Bonchev–Trinajstić information content (AvgIpc) is 2.40. The summed E-state index contributed by atoms with van der Waals surface area (Å²) in [6, 6.07) is 9.36. The van der Waals surface area contributed by atoms with Gasteiger partial charge in [-0.15, -0.1) is 0 Å². The van der Waals surface area contributed by atoms with Crippen LogP contribution in [0.15, 0.2) is 47.4 Å². The van der Waals surface area contributed by atoms with E-state index in [0.717, 1.165) is 11.6 Å². The number of hydrogen-bond acceptors (Lipinski definition) is 2. The van der Waals surface area contributed by atoms with Crippen molar-refractivity contribution in [2.24, 2.45) is 0 Å². The van der Waals surface area contributed by atoms with Crippen molar-refractivity contribution in [3.8, 4) is 0 Å². The molecule has 0 spiro atoms. The van der Waals surface area contributed by atoms with Gasteiger partial charge in [-0.1, -0.05) is 23.8 Å². The summed E-state index contributed by atoms with van der Waals surface area (Å²) in [5.74, 6) is 0. The molecule has 0 fully saturated rings. The molecule has 0 aliphatic carbocycles. The molecule has 0 bridgehead atoms. The van der Waals surface area contributed by atoms with Crippen molar-refractivity contribution in [1.29, 1.82) is 0 Å². The van der Waals surface area contributed by atoms with Gasteiger partial charge >= 0.3 is 6.18 Å². The number of alkyl halides is 3. The highest BCUT2D eigenvalue weighted by atomic mass is 32.2. The van der Waals surface area contributed by atoms with Crippen LogP contribution in [0, 0.1) is 13.8 Å². The first-order valence-corrected chi connectivity index (χ1v) is 7.85. The SMILES string of the molecule is Cc1ccc(S(=O)(=O)Nc2ccc(C)c(C(F)(F)F)c2)cc1. The number of aryl methyl sites for hydroxylation is 2. The highest BCUT2D eigenvalue weighted by Gasteiger charge is 2.32. The standard InChI is InChI=1S/C15H14F3NO2S/c1-10-3-7-13(8-4-10)22(20,21)19-12-6-5-11(2)14(9-12)15(16,17)18/h3-9,19H,1-2H3. The van der Waals surface area contributed by atoms with Gasteiger partial charge in [-0.25, -0.2) is 8.42 Å². The topological polar surface area (TPSA) is 46.2 Å². The number of anilines is 1. The fourth-order valence-corrected chi connectivity index (χ4v) is 2.97. The molecule has 2 aromatic rings. The van der Waals surface area contributed by atoms with E-state index in [0.29, 0.717) is 0 Å². The van der Waals surface area contributed by atoms with E-state index in [1.54, 1.807) is 19.1 Å². The molecule has 2 aromatic carbocycles. The van der Waals surface area contributed by atoms with Crippen molar-refractivity contribution in [3.05, 3.63) is 59.2 Å². The predicted molar refractivity (Wildman–Crippen MR) is 78.2 cm³/mol. The summed E-state index contributed by atoms with van der Waals surface area (Å²) >= 11 is 0. The van der Waals surface area contributed by atoms with Crippen LogP contribution in [0.1, 0.15) is 16.7 Å². The van der Waals surface area contributed by atoms with Gasteiger partial charge in [-0.2, -0.15) is 13.2 Å². The number of nitrogens with one attached hydrogen (secondary N) is 1. The normalized spacial score (nSPS) is 12.2. The summed E-state index contributed by atoms with van der Waals surface area (Å²) in [4.78, 5) is -0.00719. The summed E-state index contributed by atoms with van der Waals surface area (Å²) in [7, 11) is -3.92. The maximum absolute atomic E-state index is 12.9. The molecule has 1 N–H and O–H groups in total. The molecule has 0 aromatic heterocycles. The van der Waals surface area contributed by atoms with Crippen molar-refractivity contribution in [2.45, 2.75) is 24.9 Å². The molecule has 2 rings (SSSR count). The van der Waals surface area contributed by atoms with E-state index in [1.165, 1.54) is 31.2 Å². The molecule has 0 amide bonds. The van der Waals surface area contributed by atoms with Crippen molar-refractivity contribution in [2.75, 3.05) is 4.72 Å². The van der Waals surface area contributed by atoms with Crippen LogP contribution < -0.4 is 4.72 Å². The zero-order chi connectivity index (χ0) is 16.5. The van der Waals surface area contributed by atoms with Gasteiger partial charge in [-0.3, -0.25) is 4.72 Å². The number of sulfonamides is 1. The number of benzene rings is 2. The lowest BCUT2D eigenvalue weighted by atomic mass is 10.1. The van der Waals surface area contributed by atoms with Crippen LogP contribution in [0.2, 0.25) is 0 Å². The Hall–Kier alpha value is -2.02. The Bertz CT molecular complexity index is 781. The summed E-state index contributed by atoms with van der Waals surface area (Å²) in [6.45, 7) is 3.13. The lowest BCUT2D eigenvalue weighted by molar-refractivity contribution is -0.138. The van der Waals surface area contributed by atoms with Gasteiger partial charge in [0.25, 0.3) is 10.0 Å². The van der Waals surface area contributed by atoms with Crippen LogP contribution in [-0.2, 0) is 16.2 Å². The monoisotopic (exact) mass is 329 g/mol. The highest BCUT2D eigenvalue weighted by Crippen LogP contribution is 2.33. The van der Waals surface area contributed by atoms with Crippen molar-refractivity contribution < 1.29 is 21.6 Å². The Morgan fingerprint density at radius 1 is 0.955 bits per heavy atom. The number of hydrogen-bond donors (Lipinski definition) is 1.